The van der Waals surface area contributed by atoms with Gasteiger partial charge in [-0.25, -0.2) is 18.8 Å². The molecular formula is C27H29F5N6O. The summed E-state index contributed by atoms with van der Waals surface area (Å²) >= 11 is 0. The monoisotopic (exact) mass is 548 g/mol. The maximum Gasteiger partial charge on any atom is 0.421 e. The molecule has 5 rings (SSSR count). The van der Waals surface area contributed by atoms with Crippen molar-refractivity contribution in [2.45, 2.75) is 37.5 Å². The second-order valence-corrected chi connectivity index (χ2v) is 9.90. The van der Waals surface area contributed by atoms with Gasteiger partial charge in [-0.1, -0.05) is 30.3 Å². The summed E-state index contributed by atoms with van der Waals surface area (Å²) in [7, 11) is 3.96. The van der Waals surface area contributed by atoms with Gasteiger partial charge in [0, 0.05) is 37.4 Å². The second kappa shape index (κ2) is 10.9. The van der Waals surface area contributed by atoms with Crippen LogP contribution >= 0.6 is 0 Å². The van der Waals surface area contributed by atoms with Gasteiger partial charge in [-0.2, -0.15) is 18.2 Å². The average molecular weight is 549 g/mol. The summed E-state index contributed by atoms with van der Waals surface area (Å²) in [5, 5.41) is 3.79. The lowest BCUT2D eigenvalue weighted by Crippen LogP contribution is -2.42. The first-order valence-corrected chi connectivity index (χ1v) is 12.7. The molecule has 3 heterocycles. The van der Waals surface area contributed by atoms with Crippen LogP contribution in [0.4, 0.5) is 45.1 Å². The third-order valence-electron chi connectivity index (χ3n) is 7.16. The quantitative estimate of drug-likeness (QED) is 0.383. The van der Waals surface area contributed by atoms with E-state index in [1.165, 1.54) is 0 Å². The maximum absolute atomic E-state index is 15.1. The first-order valence-electron chi connectivity index (χ1n) is 12.7. The van der Waals surface area contributed by atoms with Crippen molar-refractivity contribution in [2.75, 3.05) is 49.1 Å². The van der Waals surface area contributed by atoms with Gasteiger partial charge in [-0.05, 0) is 44.6 Å². The fraction of sp³-hybridized carbons (Fsp3) is 0.407. The standard InChI is InChI=1S/C27H29F5N6O/c1-36(2)19-8-11-37(12-9-19)24-21(28)14-18(15-22(24)29)34-26-33-16-20(27(30,31)32)25(35-26)38-23(10-13-39-38)17-6-4-3-5-7-17/h3-7,14-16,19,23H,8-13H2,1-2H3,(H,33,34,35)/t23-/m0/s1. The molecule has 39 heavy (non-hydrogen) atoms. The molecule has 2 saturated heterocycles. The molecule has 0 saturated carbocycles. The van der Waals surface area contributed by atoms with Gasteiger partial charge >= 0.3 is 6.18 Å². The smallest absolute Gasteiger partial charge is 0.367 e. The second-order valence-electron chi connectivity index (χ2n) is 9.90. The minimum atomic E-state index is -4.75. The summed E-state index contributed by atoms with van der Waals surface area (Å²) in [6, 6.07) is 11.0. The van der Waals surface area contributed by atoms with Gasteiger partial charge in [0.25, 0.3) is 0 Å². The summed E-state index contributed by atoms with van der Waals surface area (Å²) < 4.78 is 71.9. The van der Waals surface area contributed by atoms with Gasteiger partial charge in [0.1, 0.15) is 11.3 Å². The van der Waals surface area contributed by atoms with Crippen LogP contribution in [0.2, 0.25) is 0 Å². The van der Waals surface area contributed by atoms with Crippen molar-refractivity contribution < 1.29 is 26.8 Å². The number of alkyl halides is 3. The maximum atomic E-state index is 15.1. The number of rotatable bonds is 6. The van der Waals surface area contributed by atoms with Gasteiger partial charge < -0.3 is 15.1 Å². The molecule has 3 aromatic rings. The van der Waals surface area contributed by atoms with E-state index in [2.05, 4.69) is 20.2 Å². The highest BCUT2D eigenvalue weighted by atomic mass is 19.4. The molecule has 12 heteroatoms. The largest absolute Gasteiger partial charge is 0.421 e. The Hall–Kier alpha value is -3.51. The van der Waals surface area contributed by atoms with Crippen LogP contribution in [-0.2, 0) is 11.0 Å². The third-order valence-corrected chi connectivity index (χ3v) is 7.16. The third kappa shape index (κ3) is 5.76. The molecule has 0 spiro atoms. The Morgan fingerprint density at radius 3 is 2.28 bits per heavy atom. The number of hydrogen-bond donors (Lipinski definition) is 1. The Balaban J connectivity index is 1.41. The lowest BCUT2D eigenvalue weighted by molar-refractivity contribution is -0.138. The predicted octanol–water partition coefficient (Wildman–Crippen LogP) is 5.93. The van der Waals surface area contributed by atoms with Crippen molar-refractivity contribution in [2.24, 2.45) is 0 Å². The molecule has 0 aliphatic carbocycles. The van der Waals surface area contributed by atoms with Crippen LogP contribution < -0.4 is 15.3 Å². The Morgan fingerprint density at radius 1 is 1.00 bits per heavy atom. The Bertz CT molecular complexity index is 1270. The number of piperidine rings is 1. The minimum Gasteiger partial charge on any atom is -0.367 e. The van der Waals surface area contributed by atoms with Gasteiger partial charge in [-0.15, -0.1) is 0 Å². The minimum absolute atomic E-state index is 0.0235. The van der Waals surface area contributed by atoms with E-state index in [4.69, 9.17) is 4.84 Å². The van der Waals surface area contributed by atoms with Crippen LogP contribution in [0.15, 0.2) is 48.7 Å². The van der Waals surface area contributed by atoms with Crippen LogP contribution in [0.3, 0.4) is 0 Å². The van der Waals surface area contributed by atoms with Crippen molar-refractivity contribution in [1.82, 2.24) is 14.9 Å². The number of hydroxylamine groups is 1. The first kappa shape index (κ1) is 27.1. The highest BCUT2D eigenvalue weighted by Crippen LogP contribution is 2.42. The number of anilines is 4. The van der Waals surface area contributed by atoms with Crippen molar-refractivity contribution in [3.05, 3.63) is 71.4 Å². The molecule has 2 aliphatic heterocycles. The van der Waals surface area contributed by atoms with Crippen molar-refractivity contribution in [3.63, 3.8) is 0 Å². The number of nitrogens with one attached hydrogen (secondary N) is 1. The normalized spacial score (nSPS) is 18.7. The molecule has 0 amide bonds. The Morgan fingerprint density at radius 2 is 1.67 bits per heavy atom. The van der Waals surface area contributed by atoms with Gasteiger partial charge in [0.15, 0.2) is 17.5 Å². The van der Waals surface area contributed by atoms with Crippen LogP contribution in [0.1, 0.15) is 36.4 Å². The number of aromatic nitrogens is 2. The first-order chi connectivity index (χ1) is 18.6. The molecule has 0 unspecified atom stereocenters. The van der Waals surface area contributed by atoms with E-state index >= 15 is 8.78 Å². The lowest BCUT2D eigenvalue weighted by atomic mass is 10.0. The van der Waals surface area contributed by atoms with Crippen LogP contribution in [0.25, 0.3) is 0 Å². The van der Waals surface area contributed by atoms with Gasteiger partial charge in [-0.3, -0.25) is 4.84 Å². The van der Waals surface area contributed by atoms with E-state index in [-0.39, 0.29) is 23.9 Å². The van der Waals surface area contributed by atoms with Crippen LogP contribution in [-0.4, -0.2) is 54.7 Å². The number of hydrogen-bond acceptors (Lipinski definition) is 7. The Labute approximate surface area is 223 Å². The molecule has 1 aromatic heterocycles. The average Bonchev–Trinajstić information content (AvgIpc) is 3.38. The van der Waals surface area contributed by atoms with E-state index in [0.29, 0.717) is 31.7 Å². The number of halogens is 5. The topological polar surface area (TPSA) is 56.8 Å². The van der Waals surface area contributed by atoms with Crippen LogP contribution in [0, 0.1) is 11.6 Å². The highest BCUT2D eigenvalue weighted by molar-refractivity contribution is 5.63. The number of nitrogens with zero attached hydrogens (tertiary/aromatic N) is 5. The molecule has 2 fully saturated rings. The van der Waals surface area contributed by atoms with E-state index in [1.54, 1.807) is 29.2 Å². The highest BCUT2D eigenvalue weighted by Gasteiger charge is 2.40. The molecule has 208 valence electrons. The van der Waals surface area contributed by atoms with Crippen molar-refractivity contribution >= 4 is 23.1 Å². The fourth-order valence-electron chi connectivity index (χ4n) is 5.13. The molecule has 0 radical (unpaired) electrons. The van der Waals surface area contributed by atoms with Crippen molar-refractivity contribution in [3.8, 4) is 0 Å². The fourth-order valence-corrected chi connectivity index (χ4v) is 5.13. The molecule has 7 nitrogen and oxygen atoms in total. The molecular weight excluding hydrogens is 519 g/mol. The van der Waals surface area contributed by atoms with Gasteiger partial charge in [0.2, 0.25) is 5.95 Å². The summed E-state index contributed by atoms with van der Waals surface area (Å²) in [5.74, 6) is -2.29. The van der Waals surface area contributed by atoms with Gasteiger partial charge in [0.05, 0.1) is 12.6 Å². The molecule has 2 aromatic carbocycles. The zero-order chi connectivity index (χ0) is 27.7. The molecule has 1 atom stereocenters. The zero-order valence-electron chi connectivity index (χ0n) is 21.6. The summed E-state index contributed by atoms with van der Waals surface area (Å²) in [6.45, 7) is 1.22. The molecule has 1 N–H and O–H groups in total. The van der Waals surface area contributed by atoms with E-state index in [1.807, 2.05) is 20.2 Å². The molecule has 2 aliphatic rings. The predicted molar refractivity (Wildman–Crippen MR) is 138 cm³/mol. The summed E-state index contributed by atoms with van der Waals surface area (Å²) in [5.41, 5.74) is -0.456. The van der Waals surface area contributed by atoms with E-state index in [0.717, 1.165) is 35.6 Å². The van der Waals surface area contributed by atoms with Crippen LogP contribution in [0.5, 0.6) is 0 Å². The van der Waals surface area contributed by atoms with E-state index < -0.39 is 35.2 Å². The SMILES string of the molecule is CN(C)C1CCN(c2c(F)cc(Nc3ncc(C(F)(F)F)c(N4OCC[C@H]4c4ccccc4)n3)cc2F)CC1. The Kier molecular flexibility index (Phi) is 7.59. The lowest BCUT2D eigenvalue weighted by Gasteiger charge is -2.36. The van der Waals surface area contributed by atoms with E-state index in [9.17, 15) is 13.2 Å². The molecule has 0 bridgehead atoms. The summed E-state index contributed by atoms with van der Waals surface area (Å²) in [6.07, 6.45) is -2.10. The summed E-state index contributed by atoms with van der Waals surface area (Å²) in [4.78, 5) is 17.2. The van der Waals surface area contributed by atoms with Crippen molar-refractivity contribution in [1.29, 1.82) is 0 Å². The number of benzene rings is 2. The zero-order valence-corrected chi connectivity index (χ0v) is 21.6.